The summed E-state index contributed by atoms with van der Waals surface area (Å²) in [6, 6.07) is 11.3. The van der Waals surface area contributed by atoms with Gasteiger partial charge in [-0.2, -0.15) is 0 Å². The van der Waals surface area contributed by atoms with E-state index >= 15 is 0 Å². The molecule has 1 heterocycles. The quantitative estimate of drug-likeness (QED) is 0.444. The van der Waals surface area contributed by atoms with Gasteiger partial charge in [0.1, 0.15) is 11.6 Å². The fourth-order valence-corrected chi connectivity index (χ4v) is 3.25. The molecule has 0 radical (unpaired) electrons. The Kier molecular flexibility index (Phi) is 6.44. The lowest BCUT2D eigenvalue weighted by Crippen LogP contribution is -2.25. The van der Waals surface area contributed by atoms with Crippen LogP contribution in [-0.2, 0) is 0 Å². The molecule has 28 heavy (non-hydrogen) atoms. The second-order valence-corrected chi connectivity index (χ2v) is 6.92. The van der Waals surface area contributed by atoms with E-state index in [2.05, 4.69) is 15.6 Å². The lowest BCUT2D eigenvalue weighted by atomic mass is 10.1. The minimum atomic E-state index is -0.565. The first kappa shape index (κ1) is 19.6. The highest BCUT2D eigenvalue weighted by atomic mass is 32.1. The average Bonchev–Trinajstić information content (AvgIpc) is 3.16. The molecule has 0 saturated heterocycles. The first-order valence-corrected chi connectivity index (χ1v) is 9.39. The van der Waals surface area contributed by atoms with Crippen molar-refractivity contribution in [3.63, 3.8) is 0 Å². The second-order valence-electron chi connectivity index (χ2n) is 5.89. The number of ketones is 1. The molecule has 2 aromatic carbocycles. The van der Waals surface area contributed by atoms with Crippen molar-refractivity contribution in [2.45, 2.75) is 6.42 Å². The molecule has 3 rings (SSSR count). The fourth-order valence-electron chi connectivity index (χ4n) is 2.46. The number of nitrogens with zero attached hydrogens (tertiary/aromatic N) is 1. The van der Waals surface area contributed by atoms with Crippen LogP contribution in [0, 0.1) is 11.6 Å². The lowest BCUT2D eigenvalue weighted by Gasteiger charge is -2.06. The van der Waals surface area contributed by atoms with Crippen LogP contribution in [-0.4, -0.2) is 29.8 Å². The van der Waals surface area contributed by atoms with Crippen molar-refractivity contribution in [1.82, 2.24) is 10.3 Å². The van der Waals surface area contributed by atoms with Gasteiger partial charge in [-0.05, 0) is 36.8 Å². The molecule has 0 aliphatic heterocycles. The highest BCUT2D eigenvalue weighted by Gasteiger charge is 2.16. The molecule has 3 aromatic rings. The van der Waals surface area contributed by atoms with E-state index in [4.69, 9.17) is 0 Å². The molecular formula is C20H17F2N3O2S. The smallest absolute Gasteiger partial charge is 0.251 e. The van der Waals surface area contributed by atoms with Crippen molar-refractivity contribution in [1.29, 1.82) is 0 Å². The molecule has 0 aliphatic rings. The number of amides is 1. The maximum Gasteiger partial charge on any atom is 0.251 e. The Bertz CT molecular complexity index is 991. The third kappa shape index (κ3) is 4.98. The summed E-state index contributed by atoms with van der Waals surface area (Å²) in [6.45, 7) is 0.916. The van der Waals surface area contributed by atoms with Gasteiger partial charge in [0.15, 0.2) is 5.13 Å². The highest BCUT2D eigenvalue weighted by molar-refractivity contribution is 7.17. The molecule has 144 valence electrons. The van der Waals surface area contributed by atoms with Gasteiger partial charge in [-0.1, -0.05) is 29.5 Å². The molecule has 8 heteroatoms. The average molecular weight is 401 g/mol. The van der Waals surface area contributed by atoms with Gasteiger partial charge in [0.05, 0.1) is 16.6 Å². The van der Waals surface area contributed by atoms with Gasteiger partial charge < -0.3 is 10.6 Å². The minimum Gasteiger partial charge on any atom is -0.361 e. The third-order valence-corrected chi connectivity index (χ3v) is 4.80. The molecule has 0 aliphatic carbocycles. The summed E-state index contributed by atoms with van der Waals surface area (Å²) >= 11 is 1.14. The zero-order valence-corrected chi connectivity index (χ0v) is 15.6. The maximum atomic E-state index is 13.7. The Morgan fingerprint density at radius 1 is 1.04 bits per heavy atom. The second kappa shape index (κ2) is 9.18. The monoisotopic (exact) mass is 401 g/mol. The van der Waals surface area contributed by atoms with Gasteiger partial charge in [0.25, 0.3) is 5.91 Å². The lowest BCUT2D eigenvalue weighted by molar-refractivity contribution is 0.0952. The number of hydrogen-bond donors (Lipinski definition) is 2. The van der Waals surface area contributed by atoms with Crippen LogP contribution in [0.2, 0.25) is 0 Å². The summed E-state index contributed by atoms with van der Waals surface area (Å²) in [7, 11) is 0. The number of carbonyl (C=O) groups excluding carboxylic acids is 2. The van der Waals surface area contributed by atoms with Crippen LogP contribution >= 0.6 is 11.3 Å². The molecule has 0 spiro atoms. The van der Waals surface area contributed by atoms with E-state index in [9.17, 15) is 18.4 Å². The number of anilines is 1. The van der Waals surface area contributed by atoms with Crippen LogP contribution < -0.4 is 10.6 Å². The van der Waals surface area contributed by atoms with Crippen LogP contribution in [0.3, 0.4) is 0 Å². The Hall–Kier alpha value is -3.13. The number of rotatable bonds is 8. The largest absolute Gasteiger partial charge is 0.361 e. The maximum absolute atomic E-state index is 13.7. The van der Waals surface area contributed by atoms with Crippen molar-refractivity contribution in [3.05, 3.63) is 82.4 Å². The Morgan fingerprint density at radius 3 is 2.64 bits per heavy atom. The topological polar surface area (TPSA) is 71.1 Å². The number of carbonyl (C=O) groups is 2. The standard InChI is InChI=1S/C20H17F2N3O2S/c21-14-6-3-5-13(11-14)19(27)23-9-4-10-24-20-25-12-17(28-20)18(26)15-7-1-2-8-16(15)22/h1-3,5-8,11-12H,4,9-10H2,(H,23,27)(H,24,25). The molecule has 0 saturated carbocycles. The molecular weight excluding hydrogens is 384 g/mol. The number of halogens is 2. The summed E-state index contributed by atoms with van der Waals surface area (Å²) in [4.78, 5) is 28.7. The van der Waals surface area contributed by atoms with E-state index < -0.39 is 17.4 Å². The predicted molar refractivity (Wildman–Crippen MR) is 104 cm³/mol. The summed E-state index contributed by atoms with van der Waals surface area (Å²) in [5.74, 6) is -1.78. The zero-order chi connectivity index (χ0) is 19.9. The molecule has 0 fully saturated rings. The van der Waals surface area contributed by atoms with Gasteiger partial charge in [0.2, 0.25) is 5.78 Å². The molecule has 0 atom stereocenters. The van der Waals surface area contributed by atoms with E-state index in [-0.39, 0.29) is 17.0 Å². The van der Waals surface area contributed by atoms with E-state index in [0.717, 1.165) is 11.3 Å². The van der Waals surface area contributed by atoms with Crippen molar-refractivity contribution in [3.8, 4) is 0 Å². The summed E-state index contributed by atoms with van der Waals surface area (Å²) < 4.78 is 26.8. The number of hydrogen-bond acceptors (Lipinski definition) is 5. The van der Waals surface area contributed by atoms with E-state index in [1.165, 1.54) is 42.6 Å². The highest BCUT2D eigenvalue weighted by Crippen LogP contribution is 2.22. The number of benzene rings is 2. The van der Waals surface area contributed by atoms with Crippen LogP contribution in [0.25, 0.3) is 0 Å². The Balaban J connectivity index is 1.44. The van der Waals surface area contributed by atoms with E-state index in [1.54, 1.807) is 12.1 Å². The van der Waals surface area contributed by atoms with Crippen LogP contribution in [0.4, 0.5) is 13.9 Å². The Morgan fingerprint density at radius 2 is 1.86 bits per heavy atom. The van der Waals surface area contributed by atoms with Crippen molar-refractivity contribution in [2.75, 3.05) is 18.4 Å². The molecule has 2 N–H and O–H groups in total. The SMILES string of the molecule is O=C(NCCCNc1ncc(C(=O)c2ccccc2F)s1)c1cccc(F)c1. The van der Waals surface area contributed by atoms with E-state index in [1.807, 2.05) is 0 Å². The number of aromatic nitrogens is 1. The van der Waals surface area contributed by atoms with Crippen molar-refractivity contribution in [2.24, 2.45) is 0 Å². The molecule has 5 nitrogen and oxygen atoms in total. The summed E-state index contributed by atoms with van der Waals surface area (Å²) in [5.41, 5.74) is 0.280. The van der Waals surface area contributed by atoms with Crippen molar-refractivity contribution < 1.29 is 18.4 Å². The van der Waals surface area contributed by atoms with Gasteiger partial charge >= 0.3 is 0 Å². The van der Waals surface area contributed by atoms with E-state index in [0.29, 0.717) is 29.5 Å². The summed E-state index contributed by atoms with van der Waals surface area (Å²) in [6.07, 6.45) is 2.02. The first-order chi connectivity index (χ1) is 13.5. The fraction of sp³-hybridized carbons (Fsp3) is 0.150. The summed E-state index contributed by atoms with van der Waals surface area (Å²) in [5, 5.41) is 6.30. The van der Waals surface area contributed by atoms with Gasteiger partial charge in [-0.3, -0.25) is 9.59 Å². The number of nitrogens with one attached hydrogen (secondary N) is 2. The third-order valence-electron chi connectivity index (χ3n) is 3.85. The van der Waals surface area contributed by atoms with Crippen molar-refractivity contribution >= 4 is 28.2 Å². The van der Waals surface area contributed by atoms with Gasteiger partial charge in [0, 0.05) is 18.7 Å². The van der Waals surface area contributed by atoms with Crippen LogP contribution in [0.15, 0.2) is 54.7 Å². The van der Waals surface area contributed by atoms with Gasteiger partial charge in [-0.15, -0.1) is 0 Å². The molecule has 0 bridgehead atoms. The van der Waals surface area contributed by atoms with Crippen LogP contribution in [0.1, 0.15) is 32.0 Å². The van der Waals surface area contributed by atoms with Gasteiger partial charge in [-0.25, -0.2) is 13.8 Å². The van der Waals surface area contributed by atoms with Crippen LogP contribution in [0.5, 0.6) is 0 Å². The number of thiazole rings is 1. The molecule has 1 amide bonds. The zero-order valence-electron chi connectivity index (χ0n) is 14.7. The molecule has 0 unspecified atom stereocenters. The Labute approximate surface area is 164 Å². The first-order valence-electron chi connectivity index (χ1n) is 8.57. The minimum absolute atomic E-state index is 0.0118. The molecule has 1 aromatic heterocycles. The predicted octanol–water partition coefficient (Wildman–Crippen LogP) is 3.88. The normalized spacial score (nSPS) is 10.5.